The minimum absolute atomic E-state index is 0.106. The third kappa shape index (κ3) is 4.79. The number of piperazine rings is 1. The first-order chi connectivity index (χ1) is 16.4. The summed E-state index contributed by atoms with van der Waals surface area (Å²) >= 11 is 0. The lowest BCUT2D eigenvalue weighted by molar-refractivity contribution is -0.137. The average molecular weight is 474 g/mol. The van der Waals surface area contributed by atoms with E-state index >= 15 is 0 Å². The van der Waals surface area contributed by atoms with E-state index in [4.69, 9.17) is 4.74 Å². The number of halogens is 3. The highest BCUT2D eigenvalue weighted by Crippen LogP contribution is 2.36. The van der Waals surface area contributed by atoms with Gasteiger partial charge in [-0.2, -0.15) is 13.2 Å². The van der Waals surface area contributed by atoms with Crippen LogP contribution < -0.4 is 10.1 Å². The molecule has 0 saturated carbocycles. The number of anilines is 2. The molecular weight excluding hydrogens is 449 g/mol. The Kier molecular flexibility index (Phi) is 6.03. The number of fused-ring (bicyclic) bond motifs is 7. The van der Waals surface area contributed by atoms with Gasteiger partial charge in [0.05, 0.1) is 17.6 Å². The molecule has 1 aromatic carbocycles. The van der Waals surface area contributed by atoms with Crippen molar-refractivity contribution in [1.29, 1.82) is 0 Å². The third-order valence-electron chi connectivity index (χ3n) is 6.22. The molecule has 3 aliphatic heterocycles. The van der Waals surface area contributed by atoms with Crippen LogP contribution in [0.2, 0.25) is 0 Å². The Hall–Kier alpha value is -3.34. The smallest absolute Gasteiger partial charge is 0.416 e. The van der Waals surface area contributed by atoms with Gasteiger partial charge in [-0.05, 0) is 30.5 Å². The lowest BCUT2D eigenvalue weighted by atomic mass is 10.1. The molecule has 34 heavy (non-hydrogen) atoms. The van der Waals surface area contributed by atoms with Gasteiger partial charge in [0, 0.05) is 57.1 Å². The lowest BCUT2D eigenvalue weighted by Crippen LogP contribution is -2.48. The molecule has 6 rings (SSSR count). The first kappa shape index (κ1) is 22.5. The Bertz CT molecular complexity index is 1190. The molecule has 2 aromatic heterocycles. The molecule has 1 saturated heterocycles. The summed E-state index contributed by atoms with van der Waals surface area (Å²) in [4.78, 5) is 28.4. The monoisotopic (exact) mass is 474 g/mol. The number of carbonyl (C=O) groups is 1. The number of nitrogens with zero attached hydrogens (tertiary/aromatic N) is 4. The van der Waals surface area contributed by atoms with Crippen LogP contribution in [0.3, 0.4) is 0 Å². The molecule has 180 valence electrons. The number of aromatic amines is 1. The maximum absolute atomic E-state index is 13.6. The third-order valence-corrected chi connectivity index (χ3v) is 6.22. The van der Waals surface area contributed by atoms with E-state index < -0.39 is 11.7 Å². The zero-order valence-electron chi connectivity index (χ0n) is 18.5. The van der Waals surface area contributed by atoms with E-state index in [-0.39, 0.29) is 24.0 Å². The summed E-state index contributed by atoms with van der Waals surface area (Å²) in [6.45, 7) is 3.67. The number of benzene rings is 1. The van der Waals surface area contributed by atoms with Crippen molar-refractivity contribution in [2.45, 2.75) is 32.0 Å². The summed E-state index contributed by atoms with van der Waals surface area (Å²) in [6, 6.07) is 3.56. The minimum Gasteiger partial charge on any atom is -0.494 e. The summed E-state index contributed by atoms with van der Waals surface area (Å²) < 4.78 is 46.3. The topological polar surface area (TPSA) is 86.4 Å². The van der Waals surface area contributed by atoms with Gasteiger partial charge in [-0.1, -0.05) is 0 Å². The molecule has 4 bridgehead atoms. The first-order valence-corrected chi connectivity index (χ1v) is 11.3. The van der Waals surface area contributed by atoms with E-state index in [1.54, 1.807) is 0 Å². The van der Waals surface area contributed by atoms with E-state index in [0.29, 0.717) is 50.4 Å². The Morgan fingerprint density at radius 2 is 1.85 bits per heavy atom. The standard InChI is InChI=1S/C23H25F3N6O2/c24-23(25,26)16-9-17-11-18(10-16)34-8-2-1-3-19(33)32-6-4-31(5-7-32)13-15-12-27-21-20(15)22(30-17)29-14-28-21/h9-12,14H,1-8,13H2,(H2,27,28,29,30). The fourth-order valence-corrected chi connectivity index (χ4v) is 4.42. The Morgan fingerprint density at radius 3 is 2.65 bits per heavy atom. The van der Waals surface area contributed by atoms with Gasteiger partial charge in [0.25, 0.3) is 0 Å². The predicted molar refractivity (Wildman–Crippen MR) is 120 cm³/mol. The highest BCUT2D eigenvalue weighted by Gasteiger charge is 2.32. The maximum atomic E-state index is 13.6. The Balaban J connectivity index is 1.53. The van der Waals surface area contributed by atoms with Crippen LogP contribution >= 0.6 is 0 Å². The molecule has 3 aromatic rings. The van der Waals surface area contributed by atoms with Crippen molar-refractivity contribution < 1.29 is 22.7 Å². The zero-order valence-corrected chi connectivity index (χ0v) is 18.5. The molecule has 3 aliphatic rings. The number of aromatic nitrogens is 3. The Morgan fingerprint density at radius 1 is 1.03 bits per heavy atom. The SMILES string of the molecule is O=C1CCCCOc2cc(cc(C(F)(F)F)c2)Nc2ncnc3[nH]cc(c23)CN2CCN1CC2. The average Bonchev–Trinajstić information content (AvgIpc) is 3.22. The van der Waals surface area contributed by atoms with Crippen molar-refractivity contribution in [2.75, 3.05) is 38.1 Å². The van der Waals surface area contributed by atoms with Gasteiger partial charge in [0.1, 0.15) is 23.5 Å². The molecule has 0 spiro atoms. The fraction of sp³-hybridized carbons (Fsp3) is 0.435. The van der Waals surface area contributed by atoms with Crippen LogP contribution in [0.4, 0.5) is 24.7 Å². The van der Waals surface area contributed by atoms with Gasteiger partial charge in [0.2, 0.25) is 5.91 Å². The van der Waals surface area contributed by atoms with Crippen LogP contribution in [0.25, 0.3) is 11.0 Å². The van der Waals surface area contributed by atoms with Crippen LogP contribution in [-0.4, -0.2) is 63.4 Å². The number of carbonyl (C=O) groups excluding carboxylic acids is 1. The maximum Gasteiger partial charge on any atom is 0.416 e. The minimum atomic E-state index is -4.53. The molecule has 0 atom stereocenters. The summed E-state index contributed by atoms with van der Waals surface area (Å²) in [6.07, 6.45) is 0.286. The van der Waals surface area contributed by atoms with E-state index in [2.05, 4.69) is 25.2 Å². The molecule has 5 heterocycles. The quantitative estimate of drug-likeness (QED) is 0.514. The second-order valence-corrected chi connectivity index (χ2v) is 8.59. The molecule has 1 amide bonds. The fourth-order valence-electron chi connectivity index (χ4n) is 4.42. The zero-order chi connectivity index (χ0) is 23.7. The van der Waals surface area contributed by atoms with Gasteiger partial charge >= 0.3 is 6.18 Å². The van der Waals surface area contributed by atoms with Crippen LogP contribution in [0.5, 0.6) is 5.75 Å². The van der Waals surface area contributed by atoms with E-state index in [1.807, 2.05) is 11.1 Å². The van der Waals surface area contributed by atoms with Gasteiger partial charge in [-0.3, -0.25) is 9.69 Å². The summed E-state index contributed by atoms with van der Waals surface area (Å²) in [5.74, 6) is 0.633. The second kappa shape index (κ2) is 9.13. The summed E-state index contributed by atoms with van der Waals surface area (Å²) in [5, 5.41) is 3.78. The van der Waals surface area contributed by atoms with Crippen molar-refractivity contribution in [3.05, 3.63) is 41.9 Å². The van der Waals surface area contributed by atoms with Crippen LogP contribution in [0.1, 0.15) is 30.4 Å². The van der Waals surface area contributed by atoms with Crippen molar-refractivity contribution in [3.8, 4) is 5.75 Å². The van der Waals surface area contributed by atoms with Crippen LogP contribution in [-0.2, 0) is 17.5 Å². The van der Waals surface area contributed by atoms with E-state index in [1.165, 1.54) is 12.4 Å². The molecule has 11 heteroatoms. The molecule has 1 fully saturated rings. The van der Waals surface area contributed by atoms with Gasteiger partial charge in [-0.15, -0.1) is 0 Å². The highest BCUT2D eigenvalue weighted by molar-refractivity contribution is 5.92. The largest absolute Gasteiger partial charge is 0.494 e. The molecule has 2 N–H and O–H groups in total. The second-order valence-electron chi connectivity index (χ2n) is 8.59. The number of ether oxygens (including phenoxy) is 1. The van der Waals surface area contributed by atoms with Gasteiger partial charge in [-0.25, -0.2) is 9.97 Å². The van der Waals surface area contributed by atoms with Crippen LogP contribution in [0.15, 0.2) is 30.7 Å². The molecule has 8 nitrogen and oxygen atoms in total. The molecular formula is C23H25F3N6O2. The van der Waals surface area contributed by atoms with Gasteiger partial charge in [0.15, 0.2) is 0 Å². The van der Waals surface area contributed by atoms with Crippen molar-refractivity contribution in [3.63, 3.8) is 0 Å². The lowest BCUT2D eigenvalue weighted by Gasteiger charge is -2.34. The molecule has 0 unspecified atom stereocenters. The van der Waals surface area contributed by atoms with Crippen molar-refractivity contribution >= 4 is 28.4 Å². The Labute approximate surface area is 194 Å². The van der Waals surface area contributed by atoms with Gasteiger partial charge < -0.3 is 19.9 Å². The number of alkyl halides is 3. The normalized spacial score (nSPS) is 18.3. The van der Waals surface area contributed by atoms with Crippen LogP contribution in [0, 0.1) is 0 Å². The summed E-state index contributed by atoms with van der Waals surface area (Å²) in [7, 11) is 0. The number of amides is 1. The predicted octanol–water partition coefficient (Wildman–Crippen LogP) is 3.93. The number of hydrogen-bond acceptors (Lipinski definition) is 6. The number of hydrogen-bond donors (Lipinski definition) is 2. The molecule has 0 radical (unpaired) electrons. The van der Waals surface area contributed by atoms with Crippen molar-refractivity contribution in [1.82, 2.24) is 24.8 Å². The van der Waals surface area contributed by atoms with E-state index in [9.17, 15) is 18.0 Å². The number of H-pyrrole nitrogens is 1. The number of nitrogens with one attached hydrogen (secondary N) is 2. The van der Waals surface area contributed by atoms with E-state index in [0.717, 1.165) is 36.2 Å². The van der Waals surface area contributed by atoms with Crippen molar-refractivity contribution in [2.24, 2.45) is 0 Å². The highest BCUT2D eigenvalue weighted by atomic mass is 19.4. The first-order valence-electron chi connectivity index (χ1n) is 11.3. The number of rotatable bonds is 0. The summed E-state index contributed by atoms with van der Waals surface area (Å²) in [5.41, 5.74) is 0.941. The molecule has 0 aliphatic carbocycles.